The van der Waals surface area contributed by atoms with Crippen LogP contribution in [0.1, 0.15) is 15.9 Å². The number of nitrogens with two attached hydrogens (primary N) is 1. The molecule has 1 aromatic carbocycles. The summed E-state index contributed by atoms with van der Waals surface area (Å²) in [6.45, 7) is 3.25. The average Bonchev–Trinajstić information content (AvgIpc) is 2.72. The molecule has 18 heavy (non-hydrogen) atoms. The van der Waals surface area contributed by atoms with Gasteiger partial charge in [0.05, 0.1) is 24.8 Å². The van der Waals surface area contributed by atoms with Gasteiger partial charge in [0.1, 0.15) is 12.4 Å². The van der Waals surface area contributed by atoms with Gasteiger partial charge in [-0.05, 0) is 24.6 Å². The molecule has 0 saturated carbocycles. The molecule has 0 unspecified atom stereocenters. The molecular weight excluding hydrogens is 230 g/mol. The third-order valence-electron chi connectivity index (χ3n) is 3.13. The second-order valence-corrected chi connectivity index (χ2v) is 4.35. The smallest absolute Gasteiger partial charge is 0.248 e. The highest BCUT2D eigenvalue weighted by Crippen LogP contribution is 2.35. The van der Waals surface area contributed by atoms with E-state index in [1.807, 2.05) is 11.5 Å². The fourth-order valence-corrected chi connectivity index (χ4v) is 2.27. The number of ether oxygens (including phenoxy) is 1. The van der Waals surface area contributed by atoms with E-state index in [9.17, 15) is 4.79 Å². The third kappa shape index (κ3) is 1.55. The number of fused-ring (bicyclic) bond motifs is 3. The monoisotopic (exact) mass is 243 g/mol. The van der Waals surface area contributed by atoms with Crippen LogP contribution in [0.2, 0.25) is 0 Å². The number of rotatable bonds is 1. The number of aromatic nitrogens is 2. The number of hydrogen-bond donors (Lipinski definition) is 1. The largest absolute Gasteiger partial charge is 0.491 e. The topological polar surface area (TPSA) is 70.1 Å². The van der Waals surface area contributed by atoms with Gasteiger partial charge in [0, 0.05) is 11.1 Å². The zero-order valence-electron chi connectivity index (χ0n) is 10.0. The number of aryl methyl sites for hydroxylation is 1. The van der Waals surface area contributed by atoms with Crippen LogP contribution in [0.15, 0.2) is 24.7 Å². The van der Waals surface area contributed by atoms with Crippen LogP contribution in [0.3, 0.4) is 0 Å². The molecule has 1 amide bonds. The predicted octanol–water partition coefficient (Wildman–Crippen LogP) is 1.35. The minimum atomic E-state index is -0.434. The van der Waals surface area contributed by atoms with Gasteiger partial charge in [0.2, 0.25) is 5.91 Å². The van der Waals surface area contributed by atoms with Gasteiger partial charge >= 0.3 is 0 Å². The molecule has 0 spiro atoms. The molecule has 92 valence electrons. The molecule has 2 N–H and O–H groups in total. The summed E-state index contributed by atoms with van der Waals surface area (Å²) in [5, 5.41) is 0. The molecule has 0 radical (unpaired) electrons. The number of nitrogens with zero attached hydrogens (tertiary/aromatic N) is 2. The van der Waals surface area contributed by atoms with E-state index in [2.05, 4.69) is 4.98 Å². The second kappa shape index (κ2) is 3.87. The normalized spacial score (nSPS) is 13.2. The Balaban J connectivity index is 2.28. The Bertz CT molecular complexity index is 631. The van der Waals surface area contributed by atoms with Crippen LogP contribution in [0.25, 0.3) is 11.3 Å². The fourth-order valence-electron chi connectivity index (χ4n) is 2.27. The molecule has 0 saturated heterocycles. The third-order valence-corrected chi connectivity index (χ3v) is 3.13. The maximum atomic E-state index is 11.3. The molecule has 0 fully saturated rings. The van der Waals surface area contributed by atoms with Crippen LogP contribution >= 0.6 is 0 Å². The summed E-state index contributed by atoms with van der Waals surface area (Å²) in [7, 11) is 0. The van der Waals surface area contributed by atoms with Gasteiger partial charge in [-0.3, -0.25) is 4.79 Å². The molecule has 2 aromatic rings. The molecule has 0 aliphatic carbocycles. The molecule has 1 aliphatic rings. The Morgan fingerprint density at radius 1 is 1.50 bits per heavy atom. The first kappa shape index (κ1) is 10.8. The number of carbonyl (C=O) groups excluding carboxylic acids is 1. The van der Waals surface area contributed by atoms with Crippen molar-refractivity contribution in [3.63, 3.8) is 0 Å². The van der Waals surface area contributed by atoms with Crippen LogP contribution < -0.4 is 10.5 Å². The highest BCUT2D eigenvalue weighted by molar-refractivity contribution is 5.95. The minimum Gasteiger partial charge on any atom is -0.491 e. The number of benzene rings is 1. The van der Waals surface area contributed by atoms with E-state index in [1.54, 1.807) is 24.7 Å². The summed E-state index contributed by atoms with van der Waals surface area (Å²) in [6.07, 6.45) is 3.54. The molecule has 0 bridgehead atoms. The number of imidazole rings is 1. The quantitative estimate of drug-likeness (QED) is 0.821. The lowest BCUT2D eigenvalue weighted by molar-refractivity contribution is 0.1000. The maximum Gasteiger partial charge on any atom is 0.248 e. The summed E-state index contributed by atoms with van der Waals surface area (Å²) >= 11 is 0. The van der Waals surface area contributed by atoms with Gasteiger partial charge < -0.3 is 15.0 Å². The first-order valence-electron chi connectivity index (χ1n) is 5.74. The molecule has 1 aliphatic heterocycles. The van der Waals surface area contributed by atoms with E-state index >= 15 is 0 Å². The Labute approximate surface area is 104 Å². The van der Waals surface area contributed by atoms with Crippen molar-refractivity contribution in [1.82, 2.24) is 9.55 Å². The second-order valence-electron chi connectivity index (χ2n) is 4.35. The van der Waals surface area contributed by atoms with E-state index in [1.165, 1.54) is 0 Å². The van der Waals surface area contributed by atoms with Crippen LogP contribution in [0, 0.1) is 6.92 Å². The highest BCUT2D eigenvalue weighted by Gasteiger charge is 2.19. The van der Waals surface area contributed by atoms with Gasteiger partial charge in [-0.25, -0.2) is 4.98 Å². The van der Waals surface area contributed by atoms with Crippen molar-refractivity contribution in [2.75, 3.05) is 6.61 Å². The average molecular weight is 243 g/mol. The SMILES string of the molecule is Cc1cc(C(N)=O)cc2c1OCCn1cncc1-2. The van der Waals surface area contributed by atoms with Crippen molar-refractivity contribution in [3.05, 3.63) is 35.8 Å². The first-order valence-corrected chi connectivity index (χ1v) is 5.74. The Morgan fingerprint density at radius 3 is 3.11 bits per heavy atom. The van der Waals surface area contributed by atoms with Crippen molar-refractivity contribution >= 4 is 5.91 Å². The van der Waals surface area contributed by atoms with Crippen molar-refractivity contribution in [2.24, 2.45) is 5.73 Å². The van der Waals surface area contributed by atoms with E-state index in [-0.39, 0.29) is 0 Å². The van der Waals surface area contributed by atoms with Crippen molar-refractivity contribution in [3.8, 4) is 17.0 Å². The Morgan fingerprint density at radius 2 is 2.33 bits per heavy atom. The zero-order valence-corrected chi connectivity index (χ0v) is 10.0. The molecule has 5 heteroatoms. The van der Waals surface area contributed by atoms with Gasteiger partial charge in [-0.15, -0.1) is 0 Å². The molecule has 1 aromatic heterocycles. The van der Waals surface area contributed by atoms with Gasteiger partial charge in [0.25, 0.3) is 0 Å². The Hall–Kier alpha value is -2.30. The predicted molar refractivity (Wildman–Crippen MR) is 66.4 cm³/mol. The fraction of sp³-hybridized carbons (Fsp3) is 0.231. The minimum absolute atomic E-state index is 0.434. The number of primary amides is 1. The van der Waals surface area contributed by atoms with Crippen LogP contribution in [0.4, 0.5) is 0 Å². The molecule has 5 nitrogen and oxygen atoms in total. The van der Waals surface area contributed by atoms with E-state index in [0.717, 1.165) is 29.1 Å². The first-order chi connectivity index (χ1) is 8.66. The lowest BCUT2D eigenvalue weighted by atomic mass is 10.0. The van der Waals surface area contributed by atoms with E-state index in [4.69, 9.17) is 10.5 Å². The number of carbonyl (C=O) groups is 1. The highest BCUT2D eigenvalue weighted by atomic mass is 16.5. The van der Waals surface area contributed by atoms with Crippen molar-refractivity contribution < 1.29 is 9.53 Å². The molecule has 3 rings (SSSR count). The van der Waals surface area contributed by atoms with Crippen LogP contribution in [-0.2, 0) is 6.54 Å². The summed E-state index contributed by atoms with van der Waals surface area (Å²) in [5.74, 6) is 0.371. The zero-order chi connectivity index (χ0) is 12.7. The van der Waals surface area contributed by atoms with Crippen molar-refractivity contribution in [2.45, 2.75) is 13.5 Å². The standard InChI is InChI=1S/C13H13N3O2/c1-8-4-9(13(14)17)5-10-11-6-15-7-16(11)2-3-18-12(8)10/h4-7H,2-3H2,1H3,(H2,14,17). The lowest BCUT2D eigenvalue weighted by Gasteiger charge is -2.11. The Kier molecular flexibility index (Phi) is 2.33. The summed E-state index contributed by atoms with van der Waals surface area (Å²) < 4.78 is 7.76. The summed E-state index contributed by atoms with van der Waals surface area (Å²) in [4.78, 5) is 15.5. The van der Waals surface area contributed by atoms with Crippen LogP contribution in [-0.4, -0.2) is 22.1 Å². The van der Waals surface area contributed by atoms with Crippen molar-refractivity contribution in [1.29, 1.82) is 0 Å². The lowest BCUT2D eigenvalue weighted by Crippen LogP contribution is -2.11. The molecular formula is C13H13N3O2. The molecule has 0 atom stereocenters. The van der Waals surface area contributed by atoms with E-state index in [0.29, 0.717) is 12.2 Å². The molecule has 2 heterocycles. The summed E-state index contributed by atoms with van der Waals surface area (Å²) in [6, 6.07) is 3.52. The number of amides is 1. The van der Waals surface area contributed by atoms with Gasteiger partial charge in [-0.2, -0.15) is 0 Å². The van der Waals surface area contributed by atoms with E-state index < -0.39 is 5.91 Å². The van der Waals surface area contributed by atoms with Crippen LogP contribution in [0.5, 0.6) is 5.75 Å². The maximum absolute atomic E-state index is 11.3. The van der Waals surface area contributed by atoms with Gasteiger partial charge in [0.15, 0.2) is 0 Å². The number of hydrogen-bond acceptors (Lipinski definition) is 3. The summed E-state index contributed by atoms with van der Waals surface area (Å²) in [5.41, 5.74) is 8.58. The van der Waals surface area contributed by atoms with Gasteiger partial charge in [-0.1, -0.05) is 0 Å².